The van der Waals surface area contributed by atoms with Crippen molar-refractivity contribution in [1.82, 2.24) is 9.97 Å². The van der Waals surface area contributed by atoms with E-state index in [9.17, 15) is 9.59 Å². The van der Waals surface area contributed by atoms with Crippen LogP contribution < -0.4 is 5.56 Å². The molecule has 3 aromatic rings. The number of benzene rings is 1. The maximum absolute atomic E-state index is 12.6. The lowest BCUT2D eigenvalue weighted by Gasteiger charge is -2.12. The minimum atomic E-state index is -0.402. The number of H-pyrrole nitrogens is 1. The summed E-state index contributed by atoms with van der Waals surface area (Å²) in [6.07, 6.45) is 0. The molecule has 0 fully saturated rings. The highest BCUT2D eigenvalue weighted by molar-refractivity contribution is 7.98. The molecule has 2 heterocycles. The van der Waals surface area contributed by atoms with Crippen LogP contribution >= 0.6 is 23.1 Å². The average Bonchev–Trinajstić information content (AvgIpc) is 2.98. The van der Waals surface area contributed by atoms with E-state index in [0.717, 1.165) is 5.75 Å². The molecular formula is C20H22N2O3S2. The first-order chi connectivity index (χ1) is 12.9. The van der Waals surface area contributed by atoms with E-state index in [4.69, 9.17) is 4.74 Å². The number of esters is 1. The van der Waals surface area contributed by atoms with Crippen LogP contribution in [0, 0.1) is 13.8 Å². The molecular weight excluding hydrogens is 380 g/mol. The fourth-order valence-corrected chi connectivity index (χ4v) is 4.92. The Bertz CT molecular complexity index is 1040. The Morgan fingerprint density at radius 1 is 1.33 bits per heavy atom. The Hall–Kier alpha value is -2.12. The van der Waals surface area contributed by atoms with Crippen molar-refractivity contribution in [2.45, 2.75) is 38.7 Å². The molecule has 1 aromatic carbocycles. The van der Waals surface area contributed by atoms with Crippen LogP contribution in [0.4, 0.5) is 0 Å². The minimum absolute atomic E-state index is 0.0233. The van der Waals surface area contributed by atoms with Crippen molar-refractivity contribution in [1.29, 1.82) is 0 Å². The number of hydrogen-bond donors (Lipinski definition) is 1. The maximum Gasteiger partial charge on any atom is 0.348 e. The zero-order valence-corrected chi connectivity index (χ0v) is 17.4. The third kappa shape index (κ3) is 4.09. The first kappa shape index (κ1) is 19.6. The molecule has 0 saturated heterocycles. The van der Waals surface area contributed by atoms with E-state index < -0.39 is 5.97 Å². The number of thiophene rings is 1. The van der Waals surface area contributed by atoms with Gasteiger partial charge in [0, 0.05) is 5.75 Å². The molecule has 5 nitrogen and oxygen atoms in total. The molecule has 0 saturated carbocycles. The topological polar surface area (TPSA) is 72.0 Å². The summed E-state index contributed by atoms with van der Waals surface area (Å²) in [6.45, 7) is 7.95. The molecule has 27 heavy (non-hydrogen) atoms. The second-order valence-electron chi connectivity index (χ2n) is 6.29. The Labute approximate surface area is 166 Å². The third-order valence-electron chi connectivity index (χ3n) is 4.41. The van der Waals surface area contributed by atoms with E-state index in [2.05, 4.69) is 29.0 Å². The number of carbonyl (C=O) groups is 1. The number of aromatic amines is 1. The number of rotatable bonds is 6. The van der Waals surface area contributed by atoms with Crippen molar-refractivity contribution in [3.63, 3.8) is 0 Å². The molecule has 7 heteroatoms. The molecule has 0 aliphatic carbocycles. The molecule has 0 amide bonds. The molecule has 1 atom stereocenters. The zero-order chi connectivity index (χ0) is 19.6. The van der Waals surface area contributed by atoms with Crippen molar-refractivity contribution in [2.75, 3.05) is 6.61 Å². The monoisotopic (exact) mass is 402 g/mol. The van der Waals surface area contributed by atoms with Gasteiger partial charge in [-0.25, -0.2) is 9.78 Å². The highest BCUT2D eigenvalue weighted by atomic mass is 32.2. The maximum atomic E-state index is 12.6. The molecule has 1 N–H and O–H groups in total. The molecule has 0 radical (unpaired) electrons. The molecule has 3 rings (SSSR count). The Morgan fingerprint density at radius 2 is 2.07 bits per heavy atom. The van der Waals surface area contributed by atoms with Crippen LogP contribution in [-0.2, 0) is 10.5 Å². The fraction of sp³-hybridized carbons (Fsp3) is 0.350. The number of aromatic nitrogens is 2. The quantitative estimate of drug-likeness (QED) is 0.601. The molecule has 0 bridgehead atoms. The summed E-state index contributed by atoms with van der Waals surface area (Å²) >= 11 is 2.94. The normalized spacial score (nSPS) is 12.3. The van der Waals surface area contributed by atoms with Crippen molar-refractivity contribution in [3.05, 3.63) is 62.0 Å². The smallest absolute Gasteiger partial charge is 0.348 e. The summed E-state index contributed by atoms with van der Waals surface area (Å²) in [5.41, 5.74) is 2.95. The van der Waals surface area contributed by atoms with Gasteiger partial charge in [0.2, 0.25) is 0 Å². The van der Waals surface area contributed by atoms with Crippen LogP contribution in [0.15, 0.2) is 29.1 Å². The van der Waals surface area contributed by atoms with E-state index in [1.54, 1.807) is 25.6 Å². The van der Waals surface area contributed by atoms with E-state index in [1.165, 1.54) is 22.5 Å². The summed E-state index contributed by atoms with van der Waals surface area (Å²) in [6, 6.07) is 8.27. The van der Waals surface area contributed by atoms with Crippen molar-refractivity contribution >= 4 is 39.3 Å². The van der Waals surface area contributed by atoms with Gasteiger partial charge >= 0.3 is 5.97 Å². The number of aryl methyl sites for hydroxylation is 2. The second kappa shape index (κ2) is 8.27. The average molecular weight is 403 g/mol. The number of carbonyl (C=O) groups excluding carboxylic acids is 1. The summed E-state index contributed by atoms with van der Waals surface area (Å²) in [5, 5.41) is 0.498. The molecule has 0 aliphatic rings. The van der Waals surface area contributed by atoms with Gasteiger partial charge in [-0.05, 0) is 44.4 Å². The lowest BCUT2D eigenvalue weighted by molar-refractivity contribution is 0.0531. The van der Waals surface area contributed by atoms with Gasteiger partial charge < -0.3 is 9.72 Å². The van der Waals surface area contributed by atoms with Crippen LogP contribution in [0.25, 0.3) is 10.2 Å². The summed E-state index contributed by atoms with van der Waals surface area (Å²) in [4.78, 5) is 33.2. The number of nitrogens with one attached hydrogen (secondary N) is 1. The molecule has 142 valence electrons. The van der Waals surface area contributed by atoms with E-state index in [1.807, 2.05) is 19.1 Å². The lowest BCUT2D eigenvalue weighted by atomic mass is 10.1. The van der Waals surface area contributed by atoms with Gasteiger partial charge in [0.25, 0.3) is 5.56 Å². The minimum Gasteiger partial charge on any atom is -0.462 e. The van der Waals surface area contributed by atoms with Crippen molar-refractivity contribution < 1.29 is 9.53 Å². The number of hydrogen-bond acceptors (Lipinski definition) is 6. The first-order valence-corrected chi connectivity index (χ1v) is 10.7. The standard InChI is InChI=1S/C20H22N2O3S2/c1-5-25-20(24)16-12(3)15-18(23)21-17(22-19(15)27-16)13(4)26-10-14-9-7-6-8-11(14)2/h6-9,13H,5,10H2,1-4H3,(H,21,22,23)/t13-/m0/s1. The van der Waals surface area contributed by atoms with Crippen LogP contribution in [0.5, 0.6) is 0 Å². The van der Waals surface area contributed by atoms with Crippen LogP contribution in [-0.4, -0.2) is 22.5 Å². The first-order valence-electron chi connectivity index (χ1n) is 8.78. The fourth-order valence-electron chi connectivity index (χ4n) is 2.81. The van der Waals surface area contributed by atoms with Crippen molar-refractivity contribution in [2.24, 2.45) is 0 Å². The molecule has 2 aromatic heterocycles. The Kier molecular flexibility index (Phi) is 6.01. The molecule has 0 aliphatic heterocycles. The summed E-state index contributed by atoms with van der Waals surface area (Å²) in [7, 11) is 0. The third-order valence-corrected chi connectivity index (χ3v) is 6.78. The summed E-state index contributed by atoms with van der Waals surface area (Å²) < 4.78 is 5.08. The number of nitrogens with zero attached hydrogens (tertiary/aromatic N) is 1. The van der Waals surface area contributed by atoms with Gasteiger partial charge in [-0.1, -0.05) is 24.3 Å². The van der Waals surface area contributed by atoms with Crippen LogP contribution in [0.2, 0.25) is 0 Å². The Morgan fingerprint density at radius 3 is 2.78 bits per heavy atom. The van der Waals surface area contributed by atoms with Gasteiger partial charge in [-0.3, -0.25) is 4.79 Å². The predicted molar refractivity (Wildman–Crippen MR) is 112 cm³/mol. The van der Waals surface area contributed by atoms with E-state index in [0.29, 0.717) is 33.1 Å². The van der Waals surface area contributed by atoms with Crippen LogP contribution in [0.1, 0.15) is 51.3 Å². The number of fused-ring (bicyclic) bond motifs is 1. The van der Waals surface area contributed by atoms with Crippen LogP contribution in [0.3, 0.4) is 0 Å². The lowest BCUT2D eigenvalue weighted by Crippen LogP contribution is -2.13. The molecule has 0 spiro atoms. The van der Waals surface area contributed by atoms with Gasteiger partial charge in [0.15, 0.2) is 0 Å². The van der Waals surface area contributed by atoms with E-state index in [-0.39, 0.29) is 10.8 Å². The Balaban J connectivity index is 1.88. The number of thioether (sulfide) groups is 1. The molecule has 0 unspecified atom stereocenters. The second-order valence-corrected chi connectivity index (χ2v) is 8.62. The highest BCUT2D eigenvalue weighted by Crippen LogP contribution is 2.32. The largest absolute Gasteiger partial charge is 0.462 e. The van der Waals surface area contributed by atoms with Gasteiger partial charge in [-0.15, -0.1) is 23.1 Å². The van der Waals surface area contributed by atoms with Gasteiger partial charge in [-0.2, -0.15) is 0 Å². The predicted octanol–water partition coefficient (Wildman–Crippen LogP) is 4.77. The van der Waals surface area contributed by atoms with Gasteiger partial charge in [0.05, 0.1) is 17.2 Å². The zero-order valence-electron chi connectivity index (χ0n) is 15.8. The SMILES string of the molecule is CCOC(=O)c1sc2nc([C@H](C)SCc3ccccc3C)[nH]c(=O)c2c1C. The summed E-state index contributed by atoms with van der Waals surface area (Å²) in [5.74, 6) is 1.07. The van der Waals surface area contributed by atoms with E-state index >= 15 is 0 Å². The van der Waals surface area contributed by atoms with Crippen molar-refractivity contribution in [3.8, 4) is 0 Å². The number of ether oxygens (including phenoxy) is 1. The highest BCUT2D eigenvalue weighted by Gasteiger charge is 2.21. The van der Waals surface area contributed by atoms with Gasteiger partial charge in [0.1, 0.15) is 15.5 Å².